The van der Waals surface area contributed by atoms with Crippen LogP contribution in [0.4, 0.5) is 10.3 Å². The summed E-state index contributed by atoms with van der Waals surface area (Å²) < 4.78 is 66.6. The summed E-state index contributed by atoms with van der Waals surface area (Å²) in [6.45, 7) is -1.12. The lowest BCUT2D eigenvalue weighted by atomic mass is 9.92. The summed E-state index contributed by atoms with van der Waals surface area (Å²) in [4.78, 5) is 53.9. The molecule has 3 rings (SSSR count). The molecule has 36 heavy (non-hydrogen) atoms. The maximum Gasteiger partial charge on any atom is 0.490 e. The first-order chi connectivity index (χ1) is 16.4. The third-order valence-corrected chi connectivity index (χ3v) is 8.44. The molecule has 18 nitrogen and oxygen atoms in total. The molecule has 1 aliphatic rings. The predicted octanol–water partition coefficient (Wildman–Crippen LogP) is -1.06. The second kappa shape index (κ2) is 9.87. The summed E-state index contributed by atoms with van der Waals surface area (Å²) in [5.41, 5.74) is 8.10. The molecule has 3 heterocycles. The minimum atomic E-state index is -5.81. The van der Waals surface area contributed by atoms with Crippen molar-refractivity contribution in [3.63, 3.8) is 0 Å². The molecule has 0 radical (unpaired) electrons. The summed E-state index contributed by atoms with van der Waals surface area (Å²) in [7, 11) is -17.0. The van der Waals surface area contributed by atoms with Crippen LogP contribution >= 0.6 is 35.1 Å². The van der Waals surface area contributed by atoms with Crippen LogP contribution in [-0.2, 0) is 31.6 Å². The number of H-pyrrole nitrogens is 1. The smallest absolute Gasteiger partial charge is 0.387 e. The molecule has 23 heteroatoms. The molecule has 0 bridgehead atoms. The number of hydrogen-bond acceptors (Lipinski definition) is 12. The number of aliphatic hydroxyl groups is 1. The van der Waals surface area contributed by atoms with E-state index in [2.05, 4.69) is 29.0 Å². The monoisotopic (exact) mass is 597 g/mol. The maximum atomic E-state index is 14.5. The molecule has 0 amide bonds. The molecule has 0 spiro atoms. The highest BCUT2D eigenvalue weighted by Crippen LogP contribution is 2.66. The van der Waals surface area contributed by atoms with E-state index >= 15 is 0 Å². The van der Waals surface area contributed by atoms with Crippen molar-refractivity contribution in [1.29, 1.82) is 0 Å². The normalized spacial score (nSPS) is 27.8. The fourth-order valence-corrected chi connectivity index (χ4v) is 6.42. The molecular weight excluding hydrogens is 582 g/mol. The number of halogens is 2. The zero-order valence-electron chi connectivity index (χ0n) is 17.2. The zero-order chi connectivity index (χ0) is 27.3. The van der Waals surface area contributed by atoms with Crippen LogP contribution in [-0.4, -0.2) is 63.6 Å². The SMILES string of the molecule is Nc1nc2c(c(F)cn2[C@@H]2O[C@H](COP(=O)(O)OP(=O)(O)OP(=O)(O)O)[C@H](O)C2(N)C#CCl)c(=O)[nH]1. The average Bonchev–Trinajstić information content (AvgIpc) is 3.12. The minimum absolute atomic E-state index is 0.384. The number of anilines is 1. The first kappa shape index (κ1) is 28.9. The van der Waals surface area contributed by atoms with E-state index in [0.717, 1.165) is 10.8 Å². The molecule has 1 saturated heterocycles. The number of phosphoric acid groups is 3. The Morgan fingerprint density at radius 1 is 1.28 bits per heavy atom. The Balaban J connectivity index is 1.91. The number of aliphatic hydroxyl groups excluding tert-OH is 1. The Kier molecular flexibility index (Phi) is 7.91. The molecule has 6 atom stereocenters. The zero-order valence-corrected chi connectivity index (χ0v) is 20.6. The Hall–Kier alpha value is -1.71. The number of aromatic amines is 1. The van der Waals surface area contributed by atoms with Crippen LogP contribution in [0.3, 0.4) is 0 Å². The van der Waals surface area contributed by atoms with Gasteiger partial charge in [0.2, 0.25) is 5.95 Å². The number of ether oxygens (including phenoxy) is 1. The number of fused-ring (bicyclic) bond motifs is 1. The summed E-state index contributed by atoms with van der Waals surface area (Å²) in [6, 6.07) is 0. The second-order valence-corrected chi connectivity index (χ2v) is 11.7. The lowest BCUT2D eigenvalue weighted by Gasteiger charge is -2.27. The number of nitrogens with two attached hydrogens (primary N) is 2. The first-order valence-electron chi connectivity index (χ1n) is 8.98. The Morgan fingerprint density at radius 3 is 2.50 bits per heavy atom. The molecule has 2 aromatic rings. The Labute approximate surface area is 203 Å². The van der Waals surface area contributed by atoms with Gasteiger partial charge in [-0.3, -0.25) is 18.9 Å². The van der Waals surface area contributed by atoms with Gasteiger partial charge in [0.25, 0.3) is 5.56 Å². The van der Waals surface area contributed by atoms with Crippen molar-refractivity contribution in [3.05, 3.63) is 22.4 Å². The first-order valence-corrected chi connectivity index (χ1v) is 13.9. The summed E-state index contributed by atoms with van der Waals surface area (Å²) >= 11 is 5.43. The molecule has 10 N–H and O–H groups in total. The van der Waals surface area contributed by atoms with Crippen LogP contribution in [0.15, 0.2) is 11.0 Å². The van der Waals surface area contributed by atoms with Gasteiger partial charge in [-0.2, -0.15) is 13.6 Å². The number of hydrogen-bond donors (Lipinski definition) is 8. The number of nitrogens with one attached hydrogen (secondary N) is 1. The van der Waals surface area contributed by atoms with E-state index in [1.165, 1.54) is 0 Å². The van der Waals surface area contributed by atoms with E-state index < -0.39 is 76.8 Å². The van der Waals surface area contributed by atoms with Gasteiger partial charge in [0.05, 0.1) is 6.61 Å². The van der Waals surface area contributed by atoms with E-state index in [9.17, 15) is 37.8 Å². The Morgan fingerprint density at radius 2 is 1.92 bits per heavy atom. The van der Waals surface area contributed by atoms with Gasteiger partial charge in [-0.05, 0) is 11.6 Å². The van der Waals surface area contributed by atoms with Gasteiger partial charge in [-0.1, -0.05) is 5.92 Å². The highest BCUT2D eigenvalue weighted by atomic mass is 35.5. The predicted molar refractivity (Wildman–Crippen MR) is 115 cm³/mol. The average molecular weight is 598 g/mol. The quantitative estimate of drug-likeness (QED) is 0.133. The van der Waals surface area contributed by atoms with E-state index in [4.69, 9.17) is 37.6 Å². The van der Waals surface area contributed by atoms with E-state index in [0.29, 0.717) is 0 Å². The fraction of sp³-hybridized carbons (Fsp3) is 0.385. The van der Waals surface area contributed by atoms with Crippen LogP contribution in [0.1, 0.15) is 6.23 Å². The van der Waals surface area contributed by atoms with Crippen LogP contribution in [0.5, 0.6) is 0 Å². The van der Waals surface area contributed by atoms with Crippen molar-refractivity contribution in [2.75, 3.05) is 12.3 Å². The maximum absolute atomic E-state index is 14.5. The van der Waals surface area contributed by atoms with Gasteiger partial charge >= 0.3 is 23.5 Å². The van der Waals surface area contributed by atoms with Crippen LogP contribution in [0.25, 0.3) is 11.0 Å². The topological polar surface area (TPSA) is 292 Å². The molecule has 200 valence electrons. The third kappa shape index (κ3) is 6.05. The van der Waals surface area contributed by atoms with Gasteiger partial charge < -0.3 is 40.9 Å². The van der Waals surface area contributed by atoms with Crippen LogP contribution in [0, 0.1) is 17.1 Å². The number of rotatable bonds is 8. The van der Waals surface area contributed by atoms with Crippen molar-refractivity contribution >= 4 is 52.1 Å². The molecule has 2 aromatic heterocycles. The van der Waals surface area contributed by atoms with E-state index in [1.54, 1.807) is 0 Å². The van der Waals surface area contributed by atoms with Gasteiger partial charge in [-0.25, -0.2) is 18.1 Å². The molecular formula is C13H16ClFN5O13P3. The van der Waals surface area contributed by atoms with E-state index in [1.807, 2.05) is 5.38 Å². The lowest BCUT2D eigenvalue weighted by Crippen LogP contribution is -2.53. The highest BCUT2D eigenvalue weighted by Gasteiger charge is 2.55. The summed E-state index contributed by atoms with van der Waals surface area (Å²) in [5.74, 6) is 0.730. The highest BCUT2D eigenvalue weighted by molar-refractivity contribution is 7.66. The summed E-state index contributed by atoms with van der Waals surface area (Å²) in [6.07, 6.45) is -4.55. The molecule has 0 aromatic carbocycles. The van der Waals surface area contributed by atoms with Crippen LogP contribution < -0.4 is 17.0 Å². The van der Waals surface area contributed by atoms with Gasteiger partial charge in [0, 0.05) is 11.6 Å². The van der Waals surface area contributed by atoms with Gasteiger partial charge in [0.15, 0.2) is 23.2 Å². The lowest BCUT2D eigenvalue weighted by molar-refractivity contribution is -0.0437. The largest absolute Gasteiger partial charge is 0.490 e. The number of nitrogens with zero attached hydrogens (tertiary/aromatic N) is 2. The van der Waals surface area contributed by atoms with Crippen molar-refractivity contribution < 1.29 is 60.6 Å². The standard InChI is InChI=1S/C13H16ClFN5O13P3/c14-2-1-13(17)8(21)6(4-30-35(26,27)33-36(28,29)32-34(23,24)25)31-11(13)20-3-5(15)7-9(20)18-12(16)19-10(7)22/h3,6,8,11,21H,4,17H2,(H,26,27)(H,28,29)(H2,23,24,25)(H3,16,18,19,22)/t6-,8+,11-,13?/m1/s1. The summed E-state index contributed by atoms with van der Waals surface area (Å²) in [5, 5.41) is 12.0. The molecule has 1 fully saturated rings. The fourth-order valence-electron chi connectivity index (χ4n) is 3.23. The van der Waals surface area contributed by atoms with Crippen molar-refractivity contribution in [2.45, 2.75) is 24.0 Å². The van der Waals surface area contributed by atoms with Crippen LogP contribution in [0.2, 0.25) is 0 Å². The molecule has 1 aliphatic heterocycles. The van der Waals surface area contributed by atoms with Gasteiger partial charge in [-0.15, -0.1) is 0 Å². The van der Waals surface area contributed by atoms with Crippen molar-refractivity contribution in [1.82, 2.24) is 14.5 Å². The van der Waals surface area contributed by atoms with Crippen molar-refractivity contribution in [3.8, 4) is 11.3 Å². The number of phosphoric ester groups is 1. The number of nitrogen functional groups attached to an aromatic ring is 1. The number of aromatic nitrogens is 3. The van der Waals surface area contributed by atoms with Gasteiger partial charge in [0.1, 0.15) is 17.6 Å². The minimum Gasteiger partial charge on any atom is -0.387 e. The second-order valence-electron chi connectivity index (χ2n) is 7.05. The Bertz CT molecular complexity index is 1450. The third-order valence-electron chi connectivity index (χ3n) is 4.54. The van der Waals surface area contributed by atoms with E-state index in [-0.39, 0.29) is 5.65 Å². The van der Waals surface area contributed by atoms with Crippen molar-refractivity contribution in [2.24, 2.45) is 5.73 Å². The molecule has 0 aliphatic carbocycles. The molecule has 3 unspecified atom stereocenters. The molecule has 0 saturated carbocycles.